The molecule has 2 unspecified atom stereocenters. The van der Waals surface area contributed by atoms with Crippen molar-refractivity contribution in [2.24, 2.45) is 5.92 Å². The predicted molar refractivity (Wildman–Crippen MR) is 79.8 cm³/mol. The average molecular weight is 288 g/mol. The Morgan fingerprint density at radius 2 is 2.05 bits per heavy atom. The summed E-state index contributed by atoms with van der Waals surface area (Å²) in [6.45, 7) is 9.20. The van der Waals surface area contributed by atoms with Crippen LogP contribution in [0.1, 0.15) is 32.2 Å². The van der Waals surface area contributed by atoms with E-state index < -0.39 is 0 Å². The van der Waals surface area contributed by atoms with E-state index in [0.717, 1.165) is 29.4 Å². The SMILES string of the molecule is CCn1nc(C)c(Cl)c1CC(NC)C(OC)C(C)C. The van der Waals surface area contributed by atoms with Crippen molar-refractivity contribution in [2.75, 3.05) is 14.2 Å². The molecule has 19 heavy (non-hydrogen) atoms. The van der Waals surface area contributed by atoms with Crippen LogP contribution in [0.25, 0.3) is 0 Å². The number of hydrogen-bond acceptors (Lipinski definition) is 3. The predicted octanol–water partition coefficient (Wildman–Crippen LogP) is 2.67. The van der Waals surface area contributed by atoms with E-state index in [1.54, 1.807) is 7.11 Å². The van der Waals surface area contributed by atoms with Crippen LogP contribution in [-0.4, -0.2) is 36.1 Å². The monoisotopic (exact) mass is 287 g/mol. The number of aryl methyl sites for hydroxylation is 2. The van der Waals surface area contributed by atoms with Crippen molar-refractivity contribution in [1.82, 2.24) is 15.1 Å². The molecule has 0 spiro atoms. The van der Waals surface area contributed by atoms with Gasteiger partial charge in [0.25, 0.3) is 0 Å². The lowest BCUT2D eigenvalue weighted by Gasteiger charge is -2.29. The molecule has 110 valence electrons. The van der Waals surface area contributed by atoms with Crippen molar-refractivity contribution in [2.45, 2.75) is 52.8 Å². The largest absolute Gasteiger partial charge is 0.380 e. The zero-order chi connectivity index (χ0) is 14.6. The first-order chi connectivity index (χ1) is 8.96. The molecule has 0 aromatic carbocycles. The summed E-state index contributed by atoms with van der Waals surface area (Å²) in [7, 11) is 3.73. The Labute approximate surface area is 121 Å². The molecular formula is C14H26ClN3O. The van der Waals surface area contributed by atoms with Crippen LogP contribution in [0.2, 0.25) is 5.02 Å². The summed E-state index contributed by atoms with van der Waals surface area (Å²) in [5.74, 6) is 0.445. The molecule has 0 bridgehead atoms. The third-order valence-corrected chi connectivity index (χ3v) is 4.05. The first kappa shape index (κ1) is 16.5. The van der Waals surface area contributed by atoms with Gasteiger partial charge in [-0.1, -0.05) is 25.4 Å². The summed E-state index contributed by atoms with van der Waals surface area (Å²) in [4.78, 5) is 0. The van der Waals surface area contributed by atoms with E-state index in [0.29, 0.717) is 5.92 Å². The van der Waals surface area contributed by atoms with E-state index in [-0.39, 0.29) is 12.1 Å². The maximum absolute atomic E-state index is 6.37. The van der Waals surface area contributed by atoms with Gasteiger partial charge in [0.15, 0.2) is 0 Å². The van der Waals surface area contributed by atoms with Gasteiger partial charge < -0.3 is 10.1 Å². The minimum absolute atomic E-state index is 0.154. The van der Waals surface area contributed by atoms with Gasteiger partial charge in [-0.3, -0.25) is 4.68 Å². The Bertz CT molecular complexity index is 404. The van der Waals surface area contributed by atoms with Gasteiger partial charge in [0.1, 0.15) is 0 Å². The summed E-state index contributed by atoms with van der Waals surface area (Å²) < 4.78 is 7.60. The molecule has 4 nitrogen and oxygen atoms in total. The second kappa shape index (κ2) is 7.27. The van der Waals surface area contributed by atoms with E-state index in [1.165, 1.54) is 0 Å². The Balaban J connectivity index is 2.98. The Morgan fingerprint density at radius 1 is 1.42 bits per heavy atom. The summed E-state index contributed by atoms with van der Waals surface area (Å²) in [5, 5.41) is 8.59. The normalized spacial score (nSPS) is 14.9. The van der Waals surface area contributed by atoms with Gasteiger partial charge in [0, 0.05) is 26.1 Å². The minimum Gasteiger partial charge on any atom is -0.380 e. The summed E-state index contributed by atoms with van der Waals surface area (Å²) >= 11 is 6.37. The highest BCUT2D eigenvalue weighted by atomic mass is 35.5. The van der Waals surface area contributed by atoms with Crippen LogP contribution in [0, 0.1) is 12.8 Å². The van der Waals surface area contributed by atoms with E-state index in [9.17, 15) is 0 Å². The van der Waals surface area contributed by atoms with Gasteiger partial charge in [-0.05, 0) is 26.8 Å². The molecule has 1 rings (SSSR count). The molecule has 0 aliphatic rings. The summed E-state index contributed by atoms with van der Waals surface area (Å²) in [6.07, 6.45) is 0.974. The average Bonchev–Trinajstić information content (AvgIpc) is 2.65. The van der Waals surface area contributed by atoms with Gasteiger partial charge in [-0.25, -0.2) is 0 Å². The molecule has 0 aliphatic heterocycles. The lowest BCUT2D eigenvalue weighted by atomic mass is 9.95. The van der Waals surface area contributed by atoms with Crippen molar-refractivity contribution < 1.29 is 4.74 Å². The van der Waals surface area contributed by atoms with Crippen LogP contribution >= 0.6 is 11.6 Å². The number of ether oxygens (including phenoxy) is 1. The van der Waals surface area contributed by atoms with E-state index in [1.807, 2.05) is 18.7 Å². The highest BCUT2D eigenvalue weighted by Gasteiger charge is 2.26. The minimum atomic E-state index is 0.154. The number of nitrogens with one attached hydrogen (secondary N) is 1. The van der Waals surface area contributed by atoms with Crippen LogP contribution in [0.15, 0.2) is 0 Å². The van der Waals surface area contributed by atoms with Crippen molar-refractivity contribution in [3.05, 3.63) is 16.4 Å². The zero-order valence-electron chi connectivity index (χ0n) is 12.8. The van der Waals surface area contributed by atoms with Crippen molar-refractivity contribution in [3.8, 4) is 0 Å². The van der Waals surface area contributed by atoms with E-state index in [4.69, 9.17) is 16.3 Å². The molecule has 1 N–H and O–H groups in total. The van der Waals surface area contributed by atoms with Crippen LogP contribution < -0.4 is 5.32 Å². The summed E-state index contributed by atoms with van der Waals surface area (Å²) in [5.41, 5.74) is 1.98. The molecule has 0 saturated carbocycles. The van der Waals surface area contributed by atoms with E-state index >= 15 is 0 Å². The maximum atomic E-state index is 6.37. The zero-order valence-corrected chi connectivity index (χ0v) is 13.6. The molecule has 5 heteroatoms. The topological polar surface area (TPSA) is 39.1 Å². The Kier molecular flexibility index (Phi) is 6.30. The van der Waals surface area contributed by atoms with Gasteiger partial charge >= 0.3 is 0 Å². The third kappa shape index (κ3) is 3.71. The van der Waals surface area contributed by atoms with Gasteiger partial charge in [-0.15, -0.1) is 0 Å². The molecule has 1 heterocycles. The van der Waals surface area contributed by atoms with Crippen LogP contribution in [0.4, 0.5) is 0 Å². The van der Waals surface area contributed by atoms with Gasteiger partial charge in [-0.2, -0.15) is 5.10 Å². The molecular weight excluding hydrogens is 262 g/mol. The fourth-order valence-electron chi connectivity index (χ4n) is 2.56. The molecule has 0 saturated heterocycles. The molecule has 0 aliphatic carbocycles. The smallest absolute Gasteiger partial charge is 0.0847 e. The Hall–Kier alpha value is -0.580. The molecule has 0 fully saturated rings. The number of halogens is 1. The second-order valence-corrected chi connectivity index (χ2v) is 5.58. The lowest BCUT2D eigenvalue weighted by Crippen LogP contribution is -2.44. The number of likely N-dealkylation sites (N-methyl/N-ethyl adjacent to an activating group) is 1. The van der Waals surface area contributed by atoms with Crippen LogP contribution in [0.3, 0.4) is 0 Å². The second-order valence-electron chi connectivity index (χ2n) is 5.21. The number of rotatable bonds is 7. The molecule has 2 atom stereocenters. The molecule has 1 aromatic rings. The number of methoxy groups -OCH3 is 1. The summed E-state index contributed by atoms with van der Waals surface area (Å²) in [6, 6.07) is 0.226. The van der Waals surface area contributed by atoms with Gasteiger partial charge in [0.2, 0.25) is 0 Å². The van der Waals surface area contributed by atoms with Crippen molar-refractivity contribution in [3.63, 3.8) is 0 Å². The molecule has 0 amide bonds. The van der Waals surface area contributed by atoms with Crippen molar-refractivity contribution in [1.29, 1.82) is 0 Å². The highest BCUT2D eigenvalue weighted by Crippen LogP contribution is 2.23. The lowest BCUT2D eigenvalue weighted by molar-refractivity contribution is 0.0349. The maximum Gasteiger partial charge on any atom is 0.0847 e. The number of nitrogens with zero attached hydrogens (tertiary/aromatic N) is 2. The van der Waals surface area contributed by atoms with Crippen molar-refractivity contribution >= 4 is 11.6 Å². The Morgan fingerprint density at radius 3 is 2.47 bits per heavy atom. The fraction of sp³-hybridized carbons (Fsp3) is 0.786. The van der Waals surface area contributed by atoms with Crippen LogP contribution in [0.5, 0.6) is 0 Å². The van der Waals surface area contributed by atoms with Crippen LogP contribution in [-0.2, 0) is 17.7 Å². The standard InChI is InChI=1S/C14H26ClN3O/c1-7-18-12(13(15)10(4)17-18)8-11(16-5)14(19-6)9(2)3/h9,11,14,16H,7-8H2,1-6H3. The quantitative estimate of drug-likeness (QED) is 0.838. The first-order valence-corrected chi connectivity index (χ1v) is 7.25. The number of hydrogen-bond donors (Lipinski definition) is 1. The third-order valence-electron chi connectivity index (χ3n) is 3.56. The fourth-order valence-corrected chi connectivity index (χ4v) is 2.77. The highest BCUT2D eigenvalue weighted by molar-refractivity contribution is 6.31. The van der Waals surface area contributed by atoms with E-state index in [2.05, 4.69) is 31.2 Å². The van der Waals surface area contributed by atoms with Gasteiger partial charge in [0.05, 0.1) is 22.5 Å². The first-order valence-electron chi connectivity index (χ1n) is 6.88. The number of aromatic nitrogens is 2. The molecule has 1 aromatic heterocycles. The molecule has 0 radical (unpaired) electrons.